The van der Waals surface area contributed by atoms with Gasteiger partial charge < -0.3 is 19.9 Å². The van der Waals surface area contributed by atoms with Gasteiger partial charge in [-0.25, -0.2) is 4.79 Å². The molecule has 5 nitrogen and oxygen atoms in total. The second-order valence-electron chi connectivity index (χ2n) is 7.25. The van der Waals surface area contributed by atoms with Crippen molar-refractivity contribution in [2.45, 2.75) is 50.8 Å². The SMILES string of the molecule is Cn1cc(Cl)cc1CNC(=O)N[C@@H]1[C@@H]2CCO[C@H]2C12CCCC2. The molecule has 0 bridgehead atoms. The molecule has 2 N–H and O–H groups in total. The van der Waals surface area contributed by atoms with Crippen LogP contribution in [0.2, 0.25) is 5.02 Å². The largest absolute Gasteiger partial charge is 0.377 e. The number of ether oxygens (including phenoxy) is 1. The molecule has 4 rings (SSSR count). The van der Waals surface area contributed by atoms with Gasteiger partial charge in [-0.3, -0.25) is 0 Å². The van der Waals surface area contributed by atoms with E-state index in [1.54, 1.807) is 0 Å². The third kappa shape index (κ3) is 2.45. The summed E-state index contributed by atoms with van der Waals surface area (Å²) < 4.78 is 7.90. The fourth-order valence-corrected chi connectivity index (χ4v) is 5.28. The zero-order chi connectivity index (χ0) is 16.0. The number of carbonyl (C=O) groups is 1. The maximum atomic E-state index is 12.4. The van der Waals surface area contributed by atoms with Crippen molar-refractivity contribution in [3.05, 3.63) is 23.0 Å². The highest BCUT2D eigenvalue weighted by molar-refractivity contribution is 6.30. The van der Waals surface area contributed by atoms with E-state index in [9.17, 15) is 4.79 Å². The van der Waals surface area contributed by atoms with E-state index in [1.807, 2.05) is 23.9 Å². The van der Waals surface area contributed by atoms with Crippen LogP contribution in [0.4, 0.5) is 4.79 Å². The predicted molar refractivity (Wildman–Crippen MR) is 88.3 cm³/mol. The van der Waals surface area contributed by atoms with E-state index < -0.39 is 0 Å². The number of carbonyl (C=O) groups excluding carboxylic acids is 1. The Kier molecular flexibility index (Phi) is 3.81. The van der Waals surface area contributed by atoms with Crippen LogP contribution >= 0.6 is 11.6 Å². The van der Waals surface area contributed by atoms with Crippen LogP contribution < -0.4 is 10.6 Å². The van der Waals surface area contributed by atoms with Gasteiger partial charge in [0.05, 0.1) is 17.7 Å². The first kappa shape index (κ1) is 15.3. The molecule has 1 aliphatic heterocycles. The van der Waals surface area contributed by atoms with Crippen molar-refractivity contribution in [2.24, 2.45) is 18.4 Å². The molecule has 2 aliphatic carbocycles. The Morgan fingerprint density at radius 3 is 2.96 bits per heavy atom. The number of nitrogens with one attached hydrogen (secondary N) is 2. The summed E-state index contributed by atoms with van der Waals surface area (Å²) in [7, 11) is 1.93. The zero-order valence-electron chi connectivity index (χ0n) is 13.5. The van der Waals surface area contributed by atoms with Gasteiger partial charge in [-0.2, -0.15) is 0 Å². The minimum Gasteiger partial charge on any atom is -0.377 e. The summed E-state index contributed by atoms with van der Waals surface area (Å²) in [5.41, 5.74) is 1.20. The van der Waals surface area contributed by atoms with Gasteiger partial charge in [-0.1, -0.05) is 24.4 Å². The van der Waals surface area contributed by atoms with Gasteiger partial charge in [0.1, 0.15) is 0 Å². The number of hydrogen-bond donors (Lipinski definition) is 2. The van der Waals surface area contributed by atoms with E-state index in [4.69, 9.17) is 16.3 Å². The number of amides is 2. The van der Waals surface area contributed by atoms with Gasteiger partial charge in [0.25, 0.3) is 0 Å². The molecule has 2 saturated carbocycles. The normalized spacial score (nSPS) is 31.0. The van der Waals surface area contributed by atoms with E-state index in [2.05, 4.69) is 10.6 Å². The van der Waals surface area contributed by atoms with Crippen LogP contribution in [0.5, 0.6) is 0 Å². The molecule has 1 spiro atoms. The molecule has 1 aromatic heterocycles. The zero-order valence-corrected chi connectivity index (χ0v) is 14.2. The summed E-state index contributed by atoms with van der Waals surface area (Å²) in [6.45, 7) is 1.33. The van der Waals surface area contributed by atoms with Crippen molar-refractivity contribution in [1.82, 2.24) is 15.2 Å². The molecule has 2 amide bonds. The van der Waals surface area contributed by atoms with Gasteiger partial charge in [0.15, 0.2) is 0 Å². The topological polar surface area (TPSA) is 55.3 Å². The lowest BCUT2D eigenvalue weighted by Gasteiger charge is -2.56. The highest BCUT2D eigenvalue weighted by atomic mass is 35.5. The average molecular weight is 338 g/mol. The third-order valence-corrected chi connectivity index (χ3v) is 6.28. The van der Waals surface area contributed by atoms with Crippen LogP contribution in [0.25, 0.3) is 0 Å². The van der Waals surface area contributed by atoms with Gasteiger partial charge >= 0.3 is 6.03 Å². The lowest BCUT2D eigenvalue weighted by molar-refractivity contribution is -0.126. The molecule has 0 aromatic carbocycles. The second kappa shape index (κ2) is 5.71. The van der Waals surface area contributed by atoms with Crippen molar-refractivity contribution >= 4 is 17.6 Å². The Balaban J connectivity index is 1.37. The first-order valence-corrected chi connectivity index (χ1v) is 8.95. The Bertz CT molecular complexity index is 609. The first-order valence-electron chi connectivity index (χ1n) is 8.57. The van der Waals surface area contributed by atoms with Crippen LogP contribution in [0.15, 0.2) is 12.3 Å². The van der Waals surface area contributed by atoms with Crippen molar-refractivity contribution in [3.63, 3.8) is 0 Å². The summed E-state index contributed by atoms with van der Waals surface area (Å²) in [5.74, 6) is 0.503. The molecule has 1 aromatic rings. The van der Waals surface area contributed by atoms with Crippen LogP contribution in [-0.2, 0) is 18.3 Å². The van der Waals surface area contributed by atoms with Crippen LogP contribution in [0.3, 0.4) is 0 Å². The molecular weight excluding hydrogens is 314 g/mol. The lowest BCUT2D eigenvalue weighted by Crippen LogP contribution is -2.69. The van der Waals surface area contributed by atoms with E-state index in [-0.39, 0.29) is 17.5 Å². The quantitative estimate of drug-likeness (QED) is 0.891. The molecule has 3 aliphatic rings. The fourth-order valence-electron chi connectivity index (χ4n) is 5.01. The Labute approximate surface area is 141 Å². The number of nitrogens with zero attached hydrogens (tertiary/aromatic N) is 1. The molecule has 0 unspecified atom stereocenters. The van der Waals surface area contributed by atoms with E-state index in [0.29, 0.717) is 23.6 Å². The summed E-state index contributed by atoms with van der Waals surface area (Å²) in [6, 6.07) is 2.07. The van der Waals surface area contributed by atoms with Gasteiger partial charge in [-0.05, 0) is 25.3 Å². The minimum atomic E-state index is -0.0797. The fraction of sp³-hybridized carbons (Fsp3) is 0.706. The number of urea groups is 1. The number of aryl methyl sites for hydroxylation is 1. The Morgan fingerprint density at radius 2 is 2.26 bits per heavy atom. The summed E-state index contributed by atoms with van der Waals surface area (Å²) in [6.07, 6.45) is 8.19. The van der Waals surface area contributed by atoms with Gasteiger partial charge in [0.2, 0.25) is 0 Å². The average Bonchev–Trinajstić information content (AvgIpc) is 3.21. The number of rotatable bonds is 3. The monoisotopic (exact) mass is 337 g/mol. The predicted octanol–water partition coefficient (Wildman–Crippen LogP) is 2.83. The maximum Gasteiger partial charge on any atom is 0.315 e. The van der Waals surface area contributed by atoms with Crippen LogP contribution in [0, 0.1) is 11.3 Å². The Morgan fingerprint density at radius 1 is 1.48 bits per heavy atom. The lowest BCUT2D eigenvalue weighted by atomic mass is 9.54. The standard InChI is InChI=1S/C17H24ClN3O2/c1-21-10-11(18)8-12(21)9-19-16(22)20-14-13-4-7-23-15(13)17(14)5-2-3-6-17/h8,10,13-15H,2-7,9H2,1H3,(H2,19,20,22)/t13-,14+,15+/m0/s1. The molecule has 126 valence electrons. The highest BCUT2D eigenvalue weighted by Gasteiger charge is 2.65. The van der Waals surface area contributed by atoms with Gasteiger partial charge in [0, 0.05) is 42.9 Å². The van der Waals surface area contributed by atoms with Crippen molar-refractivity contribution < 1.29 is 9.53 Å². The molecule has 3 atom stereocenters. The van der Waals surface area contributed by atoms with Crippen molar-refractivity contribution in [2.75, 3.05) is 6.61 Å². The molecular formula is C17H24ClN3O2. The molecule has 23 heavy (non-hydrogen) atoms. The number of hydrogen-bond acceptors (Lipinski definition) is 2. The van der Waals surface area contributed by atoms with E-state index in [1.165, 1.54) is 25.7 Å². The van der Waals surface area contributed by atoms with Crippen molar-refractivity contribution in [1.29, 1.82) is 0 Å². The number of fused-ring (bicyclic) bond motifs is 2. The van der Waals surface area contributed by atoms with E-state index >= 15 is 0 Å². The van der Waals surface area contributed by atoms with Crippen molar-refractivity contribution in [3.8, 4) is 0 Å². The first-order chi connectivity index (χ1) is 11.1. The molecule has 6 heteroatoms. The Hall–Kier alpha value is -1.20. The van der Waals surface area contributed by atoms with Crippen LogP contribution in [0.1, 0.15) is 37.8 Å². The number of halogens is 1. The minimum absolute atomic E-state index is 0.0797. The number of aromatic nitrogens is 1. The van der Waals surface area contributed by atoms with E-state index in [0.717, 1.165) is 18.7 Å². The smallest absolute Gasteiger partial charge is 0.315 e. The molecule has 1 saturated heterocycles. The molecule has 0 radical (unpaired) electrons. The summed E-state index contributed by atoms with van der Waals surface area (Å²) in [5, 5.41) is 6.91. The summed E-state index contributed by atoms with van der Waals surface area (Å²) in [4.78, 5) is 12.4. The summed E-state index contributed by atoms with van der Waals surface area (Å²) >= 11 is 5.98. The van der Waals surface area contributed by atoms with Gasteiger partial charge in [-0.15, -0.1) is 0 Å². The maximum absolute atomic E-state index is 12.4. The van der Waals surface area contributed by atoms with Crippen LogP contribution in [-0.4, -0.2) is 29.4 Å². The molecule has 3 fully saturated rings. The second-order valence-corrected chi connectivity index (χ2v) is 7.69. The highest BCUT2D eigenvalue weighted by Crippen LogP contribution is 2.60. The third-order valence-electron chi connectivity index (χ3n) is 6.08. The molecule has 2 heterocycles.